The second kappa shape index (κ2) is 6.71. The molecule has 1 aliphatic rings. The van der Waals surface area contributed by atoms with E-state index in [0.29, 0.717) is 0 Å². The minimum Gasteiger partial charge on any atom is -0.222 e. The maximum Gasteiger partial charge on any atom is 0.223 e. The Hall–Kier alpha value is -2.19. The van der Waals surface area contributed by atoms with Crippen LogP contribution in [0, 0.1) is 0 Å². The monoisotopic (exact) mass is 308 g/mol. The molecule has 1 heterocycles. The van der Waals surface area contributed by atoms with Crippen LogP contribution in [0.2, 0.25) is 0 Å². The van der Waals surface area contributed by atoms with Gasteiger partial charge in [-0.15, -0.1) is 0 Å². The Balaban J connectivity index is 1.99. The van der Waals surface area contributed by atoms with Gasteiger partial charge in [0.25, 0.3) is 0 Å². The van der Waals surface area contributed by atoms with Gasteiger partial charge in [-0.1, -0.05) is 60.7 Å². The van der Waals surface area contributed by atoms with Gasteiger partial charge in [0.05, 0.1) is 11.4 Å². The van der Waals surface area contributed by atoms with E-state index in [2.05, 4.69) is 41.2 Å². The molecule has 3 rings (SSSR count). The smallest absolute Gasteiger partial charge is 0.222 e. The molecule has 0 N–H and O–H groups in total. The fraction of sp³-hybridized carbons (Fsp3) is 0.158. The highest BCUT2D eigenvalue weighted by atomic mass is 35.5. The van der Waals surface area contributed by atoms with Crippen molar-refractivity contribution in [2.45, 2.75) is 19.8 Å². The highest BCUT2D eigenvalue weighted by Crippen LogP contribution is 2.26. The van der Waals surface area contributed by atoms with Crippen LogP contribution in [-0.2, 0) is 0 Å². The lowest BCUT2D eigenvalue weighted by Crippen LogP contribution is -2.06. The highest BCUT2D eigenvalue weighted by Gasteiger charge is 2.13. The van der Waals surface area contributed by atoms with Crippen LogP contribution in [0.25, 0.3) is 5.70 Å². The van der Waals surface area contributed by atoms with E-state index in [1.165, 1.54) is 5.57 Å². The average Bonchev–Trinajstić information content (AvgIpc) is 2.56. The van der Waals surface area contributed by atoms with Crippen LogP contribution in [0.4, 0.5) is 0 Å². The first-order chi connectivity index (χ1) is 10.7. The molecule has 0 unspecified atom stereocenters. The summed E-state index contributed by atoms with van der Waals surface area (Å²) in [4.78, 5) is 9.05. The van der Waals surface area contributed by atoms with Crippen molar-refractivity contribution >= 4 is 28.3 Å². The number of aliphatic imine (C=N–C) groups is 2. The second-order valence-electron chi connectivity index (χ2n) is 5.30. The van der Waals surface area contributed by atoms with E-state index in [9.17, 15) is 0 Å². The third kappa shape index (κ3) is 3.34. The van der Waals surface area contributed by atoms with Crippen LogP contribution in [0.15, 0.2) is 76.2 Å². The molecule has 0 saturated carbocycles. The summed E-state index contributed by atoms with van der Waals surface area (Å²) < 4.78 is 0. The Kier molecular flexibility index (Phi) is 4.50. The molecule has 2 nitrogen and oxygen atoms in total. The average molecular weight is 309 g/mol. The lowest BCUT2D eigenvalue weighted by molar-refractivity contribution is 1.00. The Morgan fingerprint density at radius 1 is 0.773 bits per heavy atom. The standard InChI is InChI=1S/C19H17ClN2/c1-14-12-13-17(15-8-4-2-5-9-15)21-19(20)22-18(14)16-10-6-3-7-11-16/h2-11H,12-13H2,1H3. The van der Waals surface area contributed by atoms with Gasteiger partial charge in [-0.05, 0) is 42.5 Å². The fourth-order valence-electron chi connectivity index (χ4n) is 2.55. The summed E-state index contributed by atoms with van der Waals surface area (Å²) in [6.45, 7) is 2.12. The molecule has 0 saturated heterocycles. The lowest BCUT2D eigenvalue weighted by atomic mass is 9.99. The van der Waals surface area contributed by atoms with Crippen LogP contribution in [0.3, 0.4) is 0 Å². The molecule has 110 valence electrons. The summed E-state index contributed by atoms with van der Waals surface area (Å²) in [6, 6.07) is 20.3. The van der Waals surface area contributed by atoms with Crippen molar-refractivity contribution in [1.82, 2.24) is 0 Å². The largest absolute Gasteiger partial charge is 0.223 e. The Morgan fingerprint density at radius 3 is 2.00 bits per heavy atom. The summed E-state index contributed by atoms with van der Waals surface area (Å²) >= 11 is 6.28. The number of allylic oxidation sites excluding steroid dienone is 1. The molecule has 3 heteroatoms. The molecular formula is C19H17ClN2. The van der Waals surface area contributed by atoms with E-state index in [1.54, 1.807) is 0 Å². The fourth-order valence-corrected chi connectivity index (χ4v) is 2.74. The number of hydrogen-bond acceptors (Lipinski definition) is 2. The summed E-state index contributed by atoms with van der Waals surface area (Å²) in [5, 5.41) is 0.289. The molecule has 0 aliphatic carbocycles. The van der Waals surface area contributed by atoms with Crippen molar-refractivity contribution in [1.29, 1.82) is 0 Å². The Labute approximate surface area is 135 Å². The van der Waals surface area contributed by atoms with Gasteiger partial charge < -0.3 is 0 Å². The summed E-state index contributed by atoms with van der Waals surface area (Å²) in [6.07, 6.45) is 1.78. The molecule has 0 amide bonds. The number of rotatable bonds is 2. The van der Waals surface area contributed by atoms with E-state index >= 15 is 0 Å². The van der Waals surface area contributed by atoms with Gasteiger partial charge >= 0.3 is 0 Å². The first-order valence-corrected chi connectivity index (χ1v) is 7.74. The van der Waals surface area contributed by atoms with Gasteiger partial charge in [-0.3, -0.25) is 0 Å². The van der Waals surface area contributed by atoms with E-state index in [-0.39, 0.29) is 5.29 Å². The van der Waals surface area contributed by atoms with Gasteiger partial charge in [-0.2, -0.15) is 0 Å². The number of amidine groups is 1. The molecule has 0 radical (unpaired) electrons. The van der Waals surface area contributed by atoms with Crippen molar-refractivity contribution in [3.05, 3.63) is 77.4 Å². The zero-order valence-corrected chi connectivity index (χ0v) is 13.2. The summed E-state index contributed by atoms with van der Waals surface area (Å²) in [5.41, 5.74) is 5.33. The van der Waals surface area contributed by atoms with Crippen LogP contribution in [0.1, 0.15) is 30.9 Å². The lowest BCUT2D eigenvalue weighted by Gasteiger charge is -2.13. The normalized spacial score (nSPS) is 15.7. The van der Waals surface area contributed by atoms with Crippen molar-refractivity contribution in [2.24, 2.45) is 9.98 Å². The Bertz CT molecular complexity index is 744. The second-order valence-corrected chi connectivity index (χ2v) is 5.64. The number of halogens is 1. The third-order valence-electron chi connectivity index (χ3n) is 3.73. The predicted molar refractivity (Wildman–Crippen MR) is 94.5 cm³/mol. The first kappa shape index (κ1) is 14.7. The minimum atomic E-state index is 0.289. The molecule has 0 fully saturated rings. The molecule has 2 aromatic rings. The summed E-state index contributed by atoms with van der Waals surface area (Å²) in [7, 11) is 0. The Morgan fingerprint density at radius 2 is 1.36 bits per heavy atom. The van der Waals surface area contributed by atoms with Crippen LogP contribution in [0.5, 0.6) is 0 Å². The maximum atomic E-state index is 6.28. The molecule has 0 aromatic heterocycles. The quantitative estimate of drug-likeness (QED) is 0.673. The number of hydrogen-bond donors (Lipinski definition) is 0. The van der Waals surface area contributed by atoms with Gasteiger partial charge in [0.1, 0.15) is 0 Å². The highest BCUT2D eigenvalue weighted by molar-refractivity contribution is 6.66. The number of nitrogens with zero attached hydrogens (tertiary/aromatic N) is 2. The van der Waals surface area contributed by atoms with Crippen molar-refractivity contribution in [3.8, 4) is 0 Å². The zero-order chi connectivity index (χ0) is 15.4. The molecular weight excluding hydrogens is 292 g/mol. The molecule has 22 heavy (non-hydrogen) atoms. The molecule has 0 spiro atoms. The number of benzene rings is 2. The van der Waals surface area contributed by atoms with Crippen LogP contribution >= 0.6 is 11.6 Å². The zero-order valence-electron chi connectivity index (χ0n) is 12.5. The molecule has 0 atom stereocenters. The van der Waals surface area contributed by atoms with E-state index in [1.807, 2.05) is 36.4 Å². The topological polar surface area (TPSA) is 24.7 Å². The van der Waals surface area contributed by atoms with E-state index in [4.69, 9.17) is 11.6 Å². The SMILES string of the molecule is CC1=C(c2ccccc2)N=C(Cl)N=C(c2ccccc2)CC1. The minimum absolute atomic E-state index is 0.289. The van der Waals surface area contributed by atoms with Gasteiger partial charge in [0.2, 0.25) is 5.29 Å². The van der Waals surface area contributed by atoms with Gasteiger partial charge in [-0.25, -0.2) is 9.98 Å². The van der Waals surface area contributed by atoms with Crippen molar-refractivity contribution in [2.75, 3.05) is 0 Å². The van der Waals surface area contributed by atoms with Crippen molar-refractivity contribution in [3.63, 3.8) is 0 Å². The van der Waals surface area contributed by atoms with Crippen LogP contribution in [-0.4, -0.2) is 11.0 Å². The summed E-state index contributed by atoms with van der Waals surface area (Å²) in [5.74, 6) is 0. The van der Waals surface area contributed by atoms with Crippen LogP contribution < -0.4 is 0 Å². The van der Waals surface area contributed by atoms with E-state index in [0.717, 1.165) is 35.4 Å². The first-order valence-electron chi connectivity index (χ1n) is 7.36. The third-order valence-corrected chi connectivity index (χ3v) is 3.90. The molecule has 2 aromatic carbocycles. The van der Waals surface area contributed by atoms with Gasteiger partial charge in [0, 0.05) is 5.56 Å². The van der Waals surface area contributed by atoms with Crippen molar-refractivity contribution < 1.29 is 0 Å². The van der Waals surface area contributed by atoms with Gasteiger partial charge in [0.15, 0.2) is 0 Å². The molecule has 1 aliphatic heterocycles. The van der Waals surface area contributed by atoms with E-state index < -0.39 is 0 Å². The molecule has 0 bridgehead atoms. The maximum absolute atomic E-state index is 6.28. The predicted octanol–water partition coefficient (Wildman–Crippen LogP) is 5.30.